The van der Waals surface area contributed by atoms with E-state index in [0.717, 1.165) is 6.42 Å². The standard InChI is InChI=1S/C19H25ClFN3O3/c1-3-27-12-19-7-8-23(13(2)25)9-14(19)10-24(11-19)18(26)22-16-6-4-5-15(20)17(16)21/h4-6,14H,3,7-12H2,1-2H3,(H,22,26)/t14-,19+/m1/s1. The van der Waals surface area contributed by atoms with Crippen LogP contribution in [-0.2, 0) is 9.53 Å². The molecule has 0 aromatic heterocycles. The van der Waals surface area contributed by atoms with Crippen molar-refractivity contribution in [1.82, 2.24) is 9.80 Å². The Bertz CT molecular complexity index is 732. The summed E-state index contributed by atoms with van der Waals surface area (Å²) in [7, 11) is 0. The second-order valence-corrected chi connectivity index (χ2v) is 7.73. The van der Waals surface area contributed by atoms with E-state index in [4.69, 9.17) is 16.3 Å². The van der Waals surface area contributed by atoms with Gasteiger partial charge in [-0.2, -0.15) is 0 Å². The van der Waals surface area contributed by atoms with Crippen LogP contribution >= 0.6 is 11.6 Å². The molecule has 2 saturated heterocycles. The fraction of sp³-hybridized carbons (Fsp3) is 0.579. The number of urea groups is 1. The highest BCUT2D eigenvalue weighted by Crippen LogP contribution is 2.43. The average Bonchev–Trinajstić information content (AvgIpc) is 3.02. The second-order valence-electron chi connectivity index (χ2n) is 7.32. The van der Waals surface area contributed by atoms with Crippen LogP contribution in [0.2, 0.25) is 5.02 Å². The number of likely N-dealkylation sites (tertiary alicyclic amines) is 2. The van der Waals surface area contributed by atoms with Crippen molar-refractivity contribution in [3.8, 4) is 0 Å². The maximum absolute atomic E-state index is 14.1. The van der Waals surface area contributed by atoms with E-state index in [1.165, 1.54) is 12.1 Å². The normalized spacial score (nSPS) is 24.7. The van der Waals surface area contributed by atoms with Crippen LogP contribution in [0.5, 0.6) is 0 Å². The van der Waals surface area contributed by atoms with Crippen molar-refractivity contribution in [3.05, 3.63) is 29.0 Å². The van der Waals surface area contributed by atoms with E-state index in [1.807, 2.05) is 11.8 Å². The molecular formula is C19H25ClFN3O3. The second kappa shape index (κ2) is 8.02. The van der Waals surface area contributed by atoms with Crippen LogP contribution in [0, 0.1) is 17.2 Å². The lowest BCUT2D eigenvalue weighted by Crippen LogP contribution is -2.50. The minimum absolute atomic E-state index is 0.0344. The van der Waals surface area contributed by atoms with Gasteiger partial charge in [0.2, 0.25) is 5.91 Å². The zero-order valence-electron chi connectivity index (χ0n) is 15.6. The Morgan fingerprint density at radius 2 is 2.11 bits per heavy atom. The molecule has 148 valence electrons. The molecule has 2 aliphatic heterocycles. The summed E-state index contributed by atoms with van der Waals surface area (Å²) >= 11 is 5.79. The Morgan fingerprint density at radius 3 is 2.81 bits per heavy atom. The molecule has 2 atom stereocenters. The number of amides is 3. The van der Waals surface area contributed by atoms with Gasteiger partial charge in [-0.25, -0.2) is 9.18 Å². The third kappa shape index (κ3) is 4.04. The average molecular weight is 398 g/mol. The number of fused-ring (bicyclic) bond motifs is 1. The van der Waals surface area contributed by atoms with E-state index in [9.17, 15) is 14.0 Å². The molecule has 0 radical (unpaired) electrons. The summed E-state index contributed by atoms with van der Waals surface area (Å²) in [4.78, 5) is 28.0. The van der Waals surface area contributed by atoms with E-state index in [0.29, 0.717) is 39.4 Å². The summed E-state index contributed by atoms with van der Waals surface area (Å²) in [5.41, 5.74) is -0.113. The molecule has 6 nitrogen and oxygen atoms in total. The van der Waals surface area contributed by atoms with Crippen molar-refractivity contribution in [2.45, 2.75) is 20.3 Å². The number of benzene rings is 1. The molecule has 2 aliphatic rings. The van der Waals surface area contributed by atoms with Gasteiger partial charge >= 0.3 is 6.03 Å². The van der Waals surface area contributed by atoms with Gasteiger partial charge in [0, 0.05) is 51.0 Å². The molecule has 1 aromatic rings. The lowest BCUT2D eigenvalue weighted by Gasteiger charge is -2.42. The third-order valence-electron chi connectivity index (χ3n) is 5.65. The van der Waals surface area contributed by atoms with E-state index >= 15 is 0 Å². The molecule has 3 amide bonds. The van der Waals surface area contributed by atoms with E-state index < -0.39 is 5.82 Å². The van der Waals surface area contributed by atoms with Crippen LogP contribution in [0.3, 0.4) is 0 Å². The molecular weight excluding hydrogens is 373 g/mol. The van der Waals surface area contributed by atoms with Gasteiger partial charge in [0.05, 0.1) is 17.3 Å². The number of nitrogens with zero attached hydrogens (tertiary/aromatic N) is 2. The van der Waals surface area contributed by atoms with Gasteiger partial charge in [-0.05, 0) is 25.5 Å². The van der Waals surface area contributed by atoms with Gasteiger partial charge in [-0.15, -0.1) is 0 Å². The molecule has 1 aromatic carbocycles. The monoisotopic (exact) mass is 397 g/mol. The summed E-state index contributed by atoms with van der Waals surface area (Å²) in [5, 5.41) is 2.58. The van der Waals surface area contributed by atoms with Gasteiger partial charge in [0.15, 0.2) is 5.82 Å². The summed E-state index contributed by atoms with van der Waals surface area (Å²) in [6, 6.07) is 4.14. The molecule has 0 aliphatic carbocycles. The molecule has 2 heterocycles. The highest BCUT2D eigenvalue weighted by molar-refractivity contribution is 6.31. The number of hydrogen-bond acceptors (Lipinski definition) is 3. The summed E-state index contributed by atoms with van der Waals surface area (Å²) in [5.74, 6) is -0.462. The topological polar surface area (TPSA) is 61.9 Å². The summed E-state index contributed by atoms with van der Waals surface area (Å²) in [6.45, 7) is 6.96. The van der Waals surface area contributed by atoms with Gasteiger partial charge in [-0.3, -0.25) is 4.79 Å². The first kappa shape index (κ1) is 19.9. The highest BCUT2D eigenvalue weighted by Gasteiger charge is 2.51. The largest absolute Gasteiger partial charge is 0.381 e. The molecule has 27 heavy (non-hydrogen) atoms. The summed E-state index contributed by atoms with van der Waals surface area (Å²) < 4.78 is 19.8. The minimum Gasteiger partial charge on any atom is -0.381 e. The minimum atomic E-state index is -0.643. The van der Waals surface area contributed by atoms with Gasteiger partial charge < -0.3 is 19.9 Å². The van der Waals surface area contributed by atoms with E-state index in [1.54, 1.807) is 17.9 Å². The summed E-state index contributed by atoms with van der Waals surface area (Å²) in [6.07, 6.45) is 0.784. The lowest BCUT2D eigenvalue weighted by molar-refractivity contribution is -0.133. The molecule has 0 saturated carbocycles. The highest BCUT2D eigenvalue weighted by atomic mass is 35.5. The first-order chi connectivity index (χ1) is 12.9. The Hall–Kier alpha value is -1.86. The van der Waals surface area contributed by atoms with Crippen LogP contribution < -0.4 is 5.32 Å². The molecule has 0 unspecified atom stereocenters. The van der Waals surface area contributed by atoms with Crippen molar-refractivity contribution < 1.29 is 18.7 Å². The Balaban J connectivity index is 1.74. The molecule has 0 spiro atoms. The first-order valence-corrected chi connectivity index (χ1v) is 9.57. The number of piperidine rings is 1. The smallest absolute Gasteiger partial charge is 0.321 e. The fourth-order valence-electron chi connectivity index (χ4n) is 4.06. The zero-order valence-corrected chi connectivity index (χ0v) is 16.4. The number of hydrogen-bond donors (Lipinski definition) is 1. The Morgan fingerprint density at radius 1 is 1.37 bits per heavy atom. The molecule has 0 bridgehead atoms. The number of rotatable bonds is 4. The first-order valence-electron chi connectivity index (χ1n) is 9.19. The number of nitrogens with one attached hydrogen (secondary N) is 1. The number of anilines is 1. The van der Waals surface area contributed by atoms with Crippen LogP contribution in [0.1, 0.15) is 20.3 Å². The van der Waals surface area contributed by atoms with Gasteiger partial charge in [0.1, 0.15) is 0 Å². The Kier molecular flexibility index (Phi) is 5.91. The fourth-order valence-corrected chi connectivity index (χ4v) is 4.23. The van der Waals surface area contributed by atoms with Crippen LogP contribution in [0.4, 0.5) is 14.9 Å². The third-order valence-corrected chi connectivity index (χ3v) is 5.94. The van der Waals surface area contributed by atoms with Crippen molar-refractivity contribution in [3.63, 3.8) is 0 Å². The van der Waals surface area contributed by atoms with Crippen LogP contribution in [0.25, 0.3) is 0 Å². The predicted molar refractivity (Wildman–Crippen MR) is 101 cm³/mol. The number of halogens is 2. The van der Waals surface area contributed by atoms with Crippen molar-refractivity contribution >= 4 is 29.2 Å². The van der Waals surface area contributed by atoms with Crippen molar-refractivity contribution in [2.75, 3.05) is 44.7 Å². The SMILES string of the molecule is CCOC[C@@]12CCN(C(C)=O)C[C@@H]1CN(C(=O)Nc1cccc(Cl)c1F)C2. The maximum Gasteiger partial charge on any atom is 0.321 e. The number of ether oxygens (including phenoxy) is 1. The molecule has 3 rings (SSSR count). The van der Waals surface area contributed by atoms with Gasteiger partial charge in [-0.1, -0.05) is 17.7 Å². The van der Waals surface area contributed by atoms with Gasteiger partial charge in [0.25, 0.3) is 0 Å². The predicted octanol–water partition coefficient (Wildman–Crippen LogP) is 3.22. The zero-order chi connectivity index (χ0) is 19.6. The lowest BCUT2D eigenvalue weighted by atomic mass is 9.73. The molecule has 1 N–H and O–H groups in total. The molecule has 8 heteroatoms. The maximum atomic E-state index is 14.1. The van der Waals surface area contributed by atoms with E-state index in [2.05, 4.69) is 5.32 Å². The van der Waals surface area contributed by atoms with Crippen LogP contribution in [-0.4, -0.2) is 61.1 Å². The van der Waals surface area contributed by atoms with Crippen molar-refractivity contribution in [2.24, 2.45) is 11.3 Å². The van der Waals surface area contributed by atoms with Crippen LogP contribution in [0.15, 0.2) is 18.2 Å². The number of carbonyl (C=O) groups excluding carboxylic acids is 2. The molecule has 2 fully saturated rings. The van der Waals surface area contributed by atoms with Crippen molar-refractivity contribution in [1.29, 1.82) is 0 Å². The van der Waals surface area contributed by atoms with E-state index in [-0.39, 0.29) is 34.0 Å². The quantitative estimate of drug-likeness (QED) is 0.848. The Labute approximate surface area is 163 Å². The number of carbonyl (C=O) groups is 2.